The van der Waals surface area contributed by atoms with E-state index in [4.69, 9.17) is 4.74 Å². The third-order valence-electron chi connectivity index (χ3n) is 3.30. The Morgan fingerprint density at radius 1 is 1.19 bits per heavy atom. The van der Waals surface area contributed by atoms with E-state index in [1.807, 2.05) is 30.4 Å². The molecule has 2 aromatic heterocycles. The van der Waals surface area contributed by atoms with Crippen molar-refractivity contribution in [3.05, 3.63) is 39.6 Å². The summed E-state index contributed by atoms with van der Waals surface area (Å²) < 4.78 is 6.68. The van der Waals surface area contributed by atoms with Crippen molar-refractivity contribution in [2.45, 2.75) is 27.3 Å². The van der Waals surface area contributed by atoms with Crippen LogP contribution in [-0.2, 0) is 6.54 Å². The Labute approximate surface area is 132 Å². The Morgan fingerprint density at radius 3 is 2.76 bits per heavy atom. The Morgan fingerprint density at radius 2 is 2.05 bits per heavy atom. The van der Waals surface area contributed by atoms with Gasteiger partial charge in [0.25, 0.3) is 0 Å². The molecule has 3 aromatic rings. The maximum Gasteiger partial charge on any atom is 0.184 e. The van der Waals surface area contributed by atoms with Gasteiger partial charge in [0.15, 0.2) is 5.13 Å². The molecule has 3 rings (SSSR count). The number of thiazole rings is 1. The molecule has 1 aromatic carbocycles. The van der Waals surface area contributed by atoms with Crippen LogP contribution in [0.2, 0.25) is 0 Å². The van der Waals surface area contributed by atoms with Crippen LogP contribution in [0.5, 0.6) is 5.75 Å². The smallest absolute Gasteiger partial charge is 0.184 e. The fourth-order valence-electron chi connectivity index (χ4n) is 2.14. The van der Waals surface area contributed by atoms with E-state index in [0.717, 1.165) is 27.6 Å². The van der Waals surface area contributed by atoms with Crippen LogP contribution >= 0.6 is 22.7 Å². The highest BCUT2D eigenvalue weighted by molar-refractivity contribution is 7.22. The molecule has 1 N–H and O–H groups in total. The van der Waals surface area contributed by atoms with Crippen molar-refractivity contribution in [3.8, 4) is 5.75 Å². The minimum absolute atomic E-state index is 0.687. The van der Waals surface area contributed by atoms with Gasteiger partial charge < -0.3 is 10.1 Å². The topological polar surface area (TPSA) is 34.1 Å². The average Bonchev–Trinajstić information content (AvgIpc) is 3.00. The summed E-state index contributed by atoms with van der Waals surface area (Å²) >= 11 is 3.51. The number of ether oxygens (including phenoxy) is 1. The monoisotopic (exact) mass is 318 g/mol. The minimum atomic E-state index is 0.687. The van der Waals surface area contributed by atoms with Crippen molar-refractivity contribution < 1.29 is 4.74 Å². The fourth-order valence-corrected chi connectivity index (χ4v) is 4.02. The molecule has 0 saturated heterocycles. The minimum Gasteiger partial charge on any atom is -0.494 e. The van der Waals surface area contributed by atoms with Crippen LogP contribution < -0.4 is 10.1 Å². The van der Waals surface area contributed by atoms with Crippen molar-refractivity contribution in [2.24, 2.45) is 0 Å². The highest BCUT2D eigenvalue weighted by Gasteiger charge is 2.06. The Balaban J connectivity index is 1.74. The van der Waals surface area contributed by atoms with Crippen LogP contribution in [0.25, 0.3) is 10.2 Å². The van der Waals surface area contributed by atoms with Gasteiger partial charge in [0.2, 0.25) is 0 Å². The van der Waals surface area contributed by atoms with Crippen LogP contribution in [0, 0.1) is 13.8 Å². The predicted molar refractivity (Wildman–Crippen MR) is 91.9 cm³/mol. The summed E-state index contributed by atoms with van der Waals surface area (Å²) in [5.41, 5.74) is 2.38. The number of aromatic nitrogens is 1. The summed E-state index contributed by atoms with van der Waals surface area (Å²) in [6.07, 6.45) is 0. The molecule has 0 bridgehead atoms. The van der Waals surface area contributed by atoms with Crippen LogP contribution in [0.3, 0.4) is 0 Å². The van der Waals surface area contributed by atoms with Gasteiger partial charge in [-0.3, -0.25) is 0 Å². The molecule has 2 heterocycles. The third kappa shape index (κ3) is 3.19. The maximum atomic E-state index is 5.53. The first-order valence-electron chi connectivity index (χ1n) is 6.99. The van der Waals surface area contributed by atoms with E-state index in [2.05, 4.69) is 36.3 Å². The van der Waals surface area contributed by atoms with Gasteiger partial charge in [-0.15, -0.1) is 11.3 Å². The number of thiophene rings is 1. The van der Waals surface area contributed by atoms with Crippen LogP contribution in [-0.4, -0.2) is 11.6 Å². The van der Waals surface area contributed by atoms with Gasteiger partial charge >= 0.3 is 0 Å². The lowest BCUT2D eigenvalue weighted by atomic mass is 10.3. The van der Waals surface area contributed by atoms with Crippen molar-refractivity contribution in [2.75, 3.05) is 11.9 Å². The van der Waals surface area contributed by atoms with Gasteiger partial charge in [-0.05, 0) is 50.6 Å². The van der Waals surface area contributed by atoms with Crippen LogP contribution in [0.1, 0.15) is 22.2 Å². The number of fused-ring (bicyclic) bond motifs is 1. The second-order valence-electron chi connectivity index (χ2n) is 4.89. The molecule has 0 atom stereocenters. The van der Waals surface area contributed by atoms with Gasteiger partial charge in [-0.1, -0.05) is 11.3 Å². The first-order chi connectivity index (χ1) is 10.2. The van der Waals surface area contributed by atoms with E-state index in [1.165, 1.54) is 15.3 Å². The summed E-state index contributed by atoms with van der Waals surface area (Å²) in [5.74, 6) is 0.907. The molecule has 21 heavy (non-hydrogen) atoms. The number of rotatable bonds is 5. The summed E-state index contributed by atoms with van der Waals surface area (Å²) in [7, 11) is 0. The van der Waals surface area contributed by atoms with Crippen molar-refractivity contribution >= 4 is 38.0 Å². The summed E-state index contributed by atoms with van der Waals surface area (Å²) in [6, 6.07) is 8.29. The highest BCUT2D eigenvalue weighted by atomic mass is 32.1. The van der Waals surface area contributed by atoms with E-state index >= 15 is 0 Å². The Bertz CT molecular complexity index is 741. The molecule has 0 amide bonds. The molecule has 0 saturated carbocycles. The fraction of sp³-hybridized carbons (Fsp3) is 0.312. The molecule has 0 aliphatic carbocycles. The molecule has 0 aliphatic rings. The van der Waals surface area contributed by atoms with Gasteiger partial charge in [-0.2, -0.15) is 0 Å². The number of aryl methyl sites for hydroxylation is 2. The SMILES string of the molecule is CCOc1ccc2nc(NCc3cc(C)c(C)s3)sc2c1. The normalized spacial score (nSPS) is 11.0. The number of nitrogens with one attached hydrogen (secondary N) is 1. The zero-order valence-electron chi connectivity index (χ0n) is 12.4. The van der Waals surface area contributed by atoms with E-state index in [1.54, 1.807) is 11.3 Å². The van der Waals surface area contributed by atoms with E-state index in [-0.39, 0.29) is 0 Å². The average molecular weight is 318 g/mol. The molecule has 5 heteroatoms. The second kappa shape index (κ2) is 6.03. The zero-order valence-corrected chi connectivity index (χ0v) is 14.0. The van der Waals surface area contributed by atoms with Crippen molar-refractivity contribution in [1.29, 1.82) is 0 Å². The lowest BCUT2D eigenvalue weighted by molar-refractivity contribution is 0.341. The lowest BCUT2D eigenvalue weighted by Gasteiger charge is -2.00. The quantitative estimate of drug-likeness (QED) is 0.720. The van der Waals surface area contributed by atoms with E-state index < -0.39 is 0 Å². The van der Waals surface area contributed by atoms with E-state index in [9.17, 15) is 0 Å². The van der Waals surface area contributed by atoms with Gasteiger partial charge in [0, 0.05) is 9.75 Å². The van der Waals surface area contributed by atoms with Crippen LogP contribution in [0.4, 0.5) is 5.13 Å². The first kappa shape index (κ1) is 14.4. The summed E-state index contributed by atoms with van der Waals surface area (Å²) in [5, 5.41) is 4.38. The number of benzene rings is 1. The molecule has 110 valence electrons. The van der Waals surface area contributed by atoms with Crippen molar-refractivity contribution in [3.63, 3.8) is 0 Å². The molecule has 0 radical (unpaired) electrons. The Hall–Kier alpha value is -1.59. The number of nitrogens with zero attached hydrogens (tertiary/aromatic N) is 1. The highest BCUT2D eigenvalue weighted by Crippen LogP contribution is 2.30. The first-order valence-corrected chi connectivity index (χ1v) is 8.62. The van der Waals surface area contributed by atoms with Crippen LogP contribution in [0.15, 0.2) is 24.3 Å². The maximum absolute atomic E-state index is 5.53. The second-order valence-corrected chi connectivity index (χ2v) is 7.26. The molecule has 3 nitrogen and oxygen atoms in total. The number of anilines is 1. The van der Waals surface area contributed by atoms with Gasteiger partial charge in [-0.25, -0.2) is 4.98 Å². The molecule has 0 fully saturated rings. The summed E-state index contributed by atoms with van der Waals surface area (Å²) in [6.45, 7) is 7.83. The molecule has 0 unspecified atom stereocenters. The molecule has 0 spiro atoms. The third-order valence-corrected chi connectivity index (χ3v) is 5.43. The Kier molecular flexibility index (Phi) is 4.12. The van der Waals surface area contributed by atoms with Crippen molar-refractivity contribution in [1.82, 2.24) is 4.98 Å². The predicted octanol–water partition coefficient (Wildman–Crippen LogP) is 4.99. The molecule has 0 aliphatic heterocycles. The standard InChI is InChI=1S/C16H18N2OS2/c1-4-19-12-5-6-14-15(8-12)21-16(18-14)17-9-13-7-10(2)11(3)20-13/h5-8H,4,9H2,1-3H3,(H,17,18). The van der Waals surface area contributed by atoms with E-state index in [0.29, 0.717) is 6.61 Å². The number of hydrogen-bond acceptors (Lipinski definition) is 5. The molecular formula is C16H18N2OS2. The zero-order chi connectivity index (χ0) is 14.8. The summed E-state index contributed by atoms with van der Waals surface area (Å²) in [4.78, 5) is 7.35. The van der Waals surface area contributed by atoms with Gasteiger partial charge in [0.05, 0.1) is 23.4 Å². The largest absolute Gasteiger partial charge is 0.494 e. The molecular weight excluding hydrogens is 300 g/mol. The lowest BCUT2D eigenvalue weighted by Crippen LogP contribution is -1.96. The van der Waals surface area contributed by atoms with Gasteiger partial charge in [0.1, 0.15) is 5.75 Å². The number of hydrogen-bond donors (Lipinski definition) is 1.